The van der Waals surface area contributed by atoms with Crippen LogP contribution < -0.4 is 10.3 Å². The lowest BCUT2D eigenvalue weighted by atomic mass is 10.1. The molecule has 1 N–H and O–H groups in total. The second kappa shape index (κ2) is 5.53. The molecule has 0 fully saturated rings. The van der Waals surface area contributed by atoms with Crippen LogP contribution in [0.25, 0.3) is 22.6 Å². The summed E-state index contributed by atoms with van der Waals surface area (Å²) in [5.41, 5.74) is 2.62. The summed E-state index contributed by atoms with van der Waals surface area (Å²) in [6.07, 6.45) is 2.74. The van der Waals surface area contributed by atoms with E-state index in [4.69, 9.17) is 4.74 Å². The number of aromatic nitrogens is 2. The van der Waals surface area contributed by atoms with Gasteiger partial charge < -0.3 is 9.84 Å². The average molecular weight is 320 g/mol. The van der Waals surface area contributed by atoms with Crippen LogP contribution >= 0.6 is 0 Å². The third-order valence-electron chi connectivity index (χ3n) is 4.30. The molecule has 0 amide bonds. The van der Waals surface area contributed by atoms with Gasteiger partial charge in [-0.3, -0.25) is 9.36 Å². The molecular weight excluding hydrogens is 304 g/mol. The normalized spacial score (nSPS) is 15.0. The van der Waals surface area contributed by atoms with Gasteiger partial charge in [0.15, 0.2) is 11.5 Å². The molecule has 4 rings (SSSR count). The lowest BCUT2D eigenvalue weighted by Crippen LogP contribution is -2.20. The quantitative estimate of drug-likeness (QED) is 0.788. The van der Waals surface area contributed by atoms with E-state index in [2.05, 4.69) is 4.98 Å². The van der Waals surface area contributed by atoms with Gasteiger partial charge in [0.1, 0.15) is 5.82 Å². The molecular formula is C19H16N2O3. The van der Waals surface area contributed by atoms with Gasteiger partial charge in [0.05, 0.1) is 18.0 Å². The fourth-order valence-corrected chi connectivity index (χ4v) is 3.09. The molecule has 0 saturated heterocycles. The van der Waals surface area contributed by atoms with Gasteiger partial charge in [0.25, 0.3) is 5.56 Å². The molecule has 0 spiro atoms. The average Bonchev–Trinajstić information content (AvgIpc) is 3.00. The number of hydrogen-bond donors (Lipinski definition) is 1. The fraction of sp³-hybridized carbons (Fsp3) is 0.158. The van der Waals surface area contributed by atoms with E-state index in [1.54, 1.807) is 16.7 Å². The molecule has 5 nitrogen and oxygen atoms in total. The van der Waals surface area contributed by atoms with E-state index >= 15 is 0 Å². The molecule has 0 saturated carbocycles. The van der Waals surface area contributed by atoms with Crippen molar-refractivity contribution in [3.05, 3.63) is 64.2 Å². The van der Waals surface area contributed by atoms with Crippen molar-refractivity contribution in [2.24, 2.45) is 0 Å². The van der Waals surface area contributed by atoms with E-state index in [9.17, 15) is 9.90 Å². The number of ether oxygens (including phenoxy) is 1. The Balaban J connectivity index is 1.85. The lowest BCUT2D eigenvalue weighted by Gasteiger charge is -2.06. The molecule has 0 atom stereocenters. The Morgan fingerprint density at radius 3 is 2.92 bits per heavy atom. The zero-order valence-corrected chi connectivity index (χ0v) is 13.2. The summed E-state index contributed by atoms with van der Waals surface area (Å²) >= 11 is 0. The predicted molar refractivity (Wildman–Crippen MR) is 93.1 cm³/mol. The van der Waals surface area contributed by atoms with Crippen LogP contribution in [0.3, 0.4) is 0 Å². The molecule has 1 aliphatic heterocycles. The molecule has 0 unspecified atom stereocenters. The first-order chi connectivity index (χ1) is 11.7. The van der Waals surface area contributed by atoms with Crippen molar-refractivity contribution in [3.63, 3.8) is 0 Å². The van der Waals surface area contributed by atoms with Crippen LogP contribution in [0.15, 0.2) is 47.3 Å². The summed E-state index contributed by atoms with van der Waals surface area (Å²) in [6.45, 7) is 0.632. The minimum absolute atomic E-state index is 0.00212. The Hall–Kier alpha value is -3.08. The minimum Gasteiger partial charge on any atom is -0.504 e. The van der Waals surface area contributed by atoms with Crippen LogP contribution in [-0.2, 0) is 6.54 Å². The molecule has 1 aromatic heterocycles. The third-order valence-corrected chi connectivity index (χ3v) is 4.30. The number of nitrogens with zero attached hydrogens (tertiary/aromatic N) is 2. The highest BCUT2D eigenvalue weighted by molar-refractivity contribution is 5.85. The topological polar surface area (TPSA) is 64.4 Å². The summed E-state index contributed by atoms with van der Waals surface area (Å²) < 4.78 is 6.87. The number of phenolic OH excluding ortho intramolecular Hbond substituents is 1. The number of methoxy groups -OCH3 is 1. The minimum atomic E-state index is 0.00212. The highest BCUT2D eigenvalue weighted by Crippen LogP contribution is 2.31. The highest BCUT2D eigenvalue weighted by atomic mass is 16.5. The Bertz CT molecular complexity index is 1030. The van der Waals surface area contributed by atoms with Gasteiger partial charge in [0.2, 0.25) is 0 Å². The molecule has 0 aliphatic carbocycles. The number of para-hydroxylation sites is 1. The second-order valence-electron chi connectivity index (χ2n) is 5.76. The first-order valence-corrected chi connectivity index (χ1v) is 7.75. The summed E-state index contributed by atoms with van der Waals surface area (Å²) in [6, 6.07) is 12.6. The summed E-state index contributed by atoms with van der Waals surface area (Å²) in [5, 5.41) is 10.4. The summed E-state index contributed by atoms with van der Waals surface area (Å²) in [7, 11) is 1.52. The first-order valence-electron chi connectivity index (χ1n) is 7.75. The molecule has 5 heteroatoms. The van der Waals surface area contributed by atoms with E-state index < -0.39 is 0 Å². The second-order valence-corrected chi connectivity index (χ2v) is 5.76. The molecule has 2 aromatic carbocycles. The van der Waals surface area contributed by atoms with Crippen LogP contribution in [0.1, 0.15) is 17.8 Å². The maximum atomic E-state index is 12.6. The monoisotopic (exact) mass is 320 g/mol. The van der Waals surface area contributed by atoms with Crippen LogP contribution in [0, 0.1) is 0 Å². The number of benzene rings is 2. The zero-order chi connectivity index (χ0) is 16.7. The number of fused-ring (bicyclic) bond motifs is 2. The standard InChI is InChI=1S/C19H16N2O3/c1-24-17-11-12(6-7-16(17)22)10-13-8-9-21-18(13)20-15-5-3-2-4-14(15)19(21)23/h2-7,10-11,22H,8-9H2,1H3/b13-10+. The maximum absolute atomic E-state index is 12.6. The molecule has 3 aromatic rings. The van der Waals surface area contributed by atoms with Gasteiger partial charge in [-0.2, -0.15) is 0 Å². The van der Waals surface area contributed by atoms with Crippen molar-refractivity contribution in [1.29, 1.82) is 0 Å². The van der Waals surface area contributed by atoms with Gasteiger partial charge in [-0.05, 0) is 47.9 Å². The predicted octanol–water partition coefficient (Wildman–Crippen LogP) is 3.06. The smallest absolute Gasteiger partial charge is 0.261 e. The van der Waals surface area contributed by atoms with Crippen molar-refractivity contribution >= 4 is 22.6 Å². The largest absolute Gasteiger partial charge is 0.504 e. The van der Waals surface area contributed by atoms with Crippen LogP contribution in [0.4, 0.5) is 0 Å². The van der Waals surface area contributed by atoms with Crippen molar-refractivity contribution in [2.75, 3.05) is 7.11 Å². The van der Waals surface area contributed by atoms with Crippen molar-refractivity contribution in [1.82, 2.24) is 9.55 Å². The Morgan fingerprint density at radius 2 is 2.08 bits per heavy atom. The van der Waals surface area contributed by atoms with Gasteiger partial charge in [-0.1, -0.05) is 18.2 Å². The lowest BCUT2D eigenvalue weighted by molar-refractivity contribution is 0.373. The van der Waals surface area contributed by atoms with Crippen LogP contribution in [0.5, 0.6) is 11.5 Å². The van der Waals surface area contributed by atoms with Gasteiger partial charge in [-0.15, -0.1) is 0 Å². The van der Waals surface area contributed by atoms with Crippen molar-refractivity contribution in [2.45, 2.75) is 13.0 Å². The maximum Gasteiger partial charge on any atom is 0.261 e. The fourth-order valence-electron chi connectivity index (χ4n) is 3.09. The van der Waals surface area contributed by atoms with Crippen LogP contribution in [-0.4, -0.2) is 21.8 Å². The van der Waals surface area contributed by atoms with E-state index in [1.165, 1.54) is 7.11 Å². The highest BCUT2D eigenvalue weighted by Gasteiger charge is 2.20. The SMILES string of the molecule is COc1cc(/C=C2\CCn3c2nc2ccccc2c3=O)ccc1O. The van der Waals surface area contributed by atoms with Gasteiger partial charge in [0, 0.05) is 6.54 Å². The first kappa shape index (κ1) is 14.5. The molecule has 24 heavy (non-hydrogen) atoms. The van der Waals surface area contributed by atoms with E-state index in [1.807, 2.05) is 36.4 Å². The molecule has 0 bridgehead atoms. The number of allylic oxidation sites excluding steroid dienone is 1. The van der Waals surface area contributed by atoms with Gasteiger partial charge in [-0.25, -0.2) is 4.98 Å². The van der Waals surface area contributed by atoms with Crippen molar-refractivity contribution in [3.8, 4) is 11.5 Å². The number of rotatable bonds is 2. The van der Waals surface area contributed by atoms with Gasteiger partial charge >= 0.3 is 0 Å². The summed E-state index contributed by atoms with van der Waals surface area (Å²) in [5.74, 6) is 1.24. The van der Waals surface area contributed by atoms with Crippen molar-refractivity contribution < 1.29 is 9.84 Å². The van der Waals surface area contributed by atoms with E-state index in [0.717, 1.165) is 17.6 Å². The number of aromatic hydroxyl groups is 1. The Morgan fingerprint density at radius 1 is 1.25 bits per heavy atom. The van der Waals surface area contributed by atoms with E-state index in [-0.39, 0.29) is 11.3 Å². The molecule has 1 aliphatic rings. The molecule has 2 heterocycles. The third kappa shape index (κ3) is 2.25. The van der Waals surface area contributed by atoms with Crippen LogP contribution in [0.2, 0.25) is 0 Å². The number of hydrogen-bond acceptors (Lipinski definition) is 4. The molecule has 0 radical (unpaired) electrons. The zero-order valence-electron chi connectivity index (χ0n) is 13.2. The Kier molecular flexibility index (Phi) is 3.34. The summed E-state index contributed by atoms with van der Waals surface area (Å²) in [4.78, 5) is 17.3. The Labute approximate surface area is 138 Å². The molecule has 120 valence electrons. The van der Waals surface area contributed by atoms with E-state index in [0.29, 0.717) is 29.0 Å². The number of phenols is 1.